The Bertz CT molecular complexity index is 658. The van der Waals surface area contributed by atoms with Crippen molar-refractivity contribution in [3.63, 3.8) is 0 Å². The highest BCUT2D eigenvalue weighted by Crippen LogP contribution is 2.21. The first-order valence-electron chi connectivity index (χ1n) is 6.30. The van der Waals surface area contributed by atoms with Gasteiger partial charge in [-0.25, -0.2) is 0 Å². The van der Waals surface area contributed by atoms with E-state index in [9.17, 15) is 0 Å². The summed E-state index contributed by atoms with van der Waals surface area (Å²) in [6.45, 7) is 1.88. The Morgan fingerprint density at radius 1 is 1.26 bits per heavy atom. The summed E-state index contributed by atoms with van der Waals surface area (Å²) in [7, 11) is 0. The number of hydrogen-bond acceptors (Lipinski definition) is 2. The van der Waals surface area contributed by atoms with E-state index < -0.39 is 0 Å². The van der Waals surface area contributed by atoms with Crippen molar-refractivity contribution in [1.82, 2.24) is 10.3 Å². The van der Waals surface area contributed by atoms with Crippen molar-refractivity contribution in [3.8, 4) is 0 Å². The van der Waals surface area contributed by atoms with Gasteiger partial charge in [0.25, 0.3) is 0 Å². The lowest BCUT2D eigenvalue weighted by Crippen LogP contribution is -2.16. The molecule has 19 heavy (non-hydrogen) atoms. The molecule has 0 fully saturated rings. The molecule has 0 unspecified atom stereocenters. The highest BCUT2D eigenvalue weighted by atomic mass is 35.5. The van der Waals surface area contributed by atoms with E-state index in [1.54, 1.807) is 11.3 Å². The molecule has 0 spiro atoms. The Balaban J connectivity index is 1.59. The van der Waals surface area contributed by atoms with Gasteiger partial charge in [-0.3, -0.25) is 0 Å². The molecule has 0 aliphatic rings. The van der Waals surface area contributed by atoms with Crippen LogP contribution < -0.4 is 5.32 Å². The number of aromatic amines is 1. The maximum Gasteiger partial charge on any atom is 0.0472 e. The van der Waals surface area contributed by atoms with Gasteiger partial charge in [-0.2, -0.15) is 11.3 Å². The SMILES string of the molecule is Clc1ccc2c(CNCCc3ccsc3)c[nH]c2c1. The van der Waals surface area contributed by atoms with Crippen LogP contribution in [-0.4, -0.2) is 11.5 Å². The van der Waals surface area contributed by atoms with Crippen LogP contribution in [0.3, 0.4) is 0 Å². The molecule has 0 bridgehead atoms. The predicted octanol–water partition coefficient (Wildman–Crippen LogP) is 4.22. The van der Waals surface area contributed by atoms with E-state index in [0.717, 1.165) is 30.0 Å². The molecule has 3 rings (SSSR count). The molecular weight excluding hydrogens is 276 g/mol. The van der Waals surface area contributed by atoms with Crippen molar-refractivity contribution in [2.24, 2.45) is 0 Å². The molecule has 0 aliphatic heterocycles. The molecule has 1 aromatic carbocycles. The van der Waals surface area contributed by atoms with Crippen LogP contribution in [0.25, 0.3) is 10.9 Å². The topological polar surface area (TPSA) is 27.8 Å². The van der Waals surface area contributed by atoms with Crippen LogP contribution in [-0.2, 0) is 13.0 Å². The van der Waals surface area contributed by atoms with Gasteiger partial charge < -0.3 is 10.3 Å². The van der Waals surface area contributed by atoms with E-state index in [1.807, 2.05) is 12.1 Å². The summed E-state index contributed by atoms with van der Waals surface area (Å²) in [4.78, 5) is 3.26. The van der Waals surface area contributed by atoms with Gasteiger partial charge in [-0.05, 0) is 53.1 Å². The van der Waals surface area contributed by atoms with Gasteiger partial charge in [0.15, 0.2) is 0 Å². The van der Waals surface area contributed by atoms with Crippen molar-refractivity contribution in [2.75, 3.05) is 6.54 Å². The van der Waals surface area contributed by atoms with Gasteiger partial charge in [-0.1, -0.05) is 17.7 Å². The first-order chi connectivity index (χ1) is 9.33. The third kappa shape index (κ3) is 3.00. The minimum atomic E-state index is 0.770. The van der Waals surface area contributed by atoms with E-state index in [2.05, 4.69) is 39.4 Å². The van der Waals surface area contributed by atoms with Crippen molar-refractivity contribution < 1.29 is 0 Å². The molecule has 0 atom stereocenters. The van der Waals surface area contributed by atoms with Gasteiger partial charge in [0.2, 0.25) is 0 Å². The molecule has 0 saturated heterocycles. The number of rotatable bonds is 5. The Morgan fingerprint density at radius 3 is 3.05 bits per heavy atom. The summed E-state index contributed by atoms with van der Waals surface area (Å²) in [6.07, 6.45) is 3.14. The Morgan fingerprint density at radius 2 is 2.21 bits per heavy atom. The average molecular weight is 291 g/mol. The largest absolute Gasteiger partial charge is 0.361 e. The zero-order chi connectivity index (χ0) is 13.1. The minimum absolute atomic E-state index is 0.770. The fraction of sp³-hybridized carbons (Fsp3) is 0.200. The number of H-pyrrole nitrogens is 1. The number of hydrogen-bond donors (Lipinski definition) is 2. The zero-order valence-electron chi connectivity index (χ0n) is 10.4. The van der Waals surface area contributed by atoms with Crippen LogP contribution in [0.1, 0.15) is 11.1 Å². The van der Waals surface area contributed by atoms with Gasteiger partial charge in [0, 0.05) is 28.7 Å². The predicted molar refractivity (Wildman–Crippen MR) is 83.0 cm³/mol. The van der Waals surface area contributed by atoms with Crippen molar-refractivity contribution in [1.29, 1.82) is 0 Å². The summed E-state index contributed by atoms with van der Waals surface area (Å²) >= 11 is 7.73. The highest BCUT2D eigenvalue weighted by molar-refractivity contribution is 7.07. The second-order valence-corrected chi connectivity index (χ2v) is 5.78. The molecule has 0 radical (unpaired) electrons. The van der Waals surface area contributed by atoms with Crippen LogP contribution in [0.2, 0.25) is 5.02 Å². The number of benzene rings is 1. The van der Waals surface area contributed by atoms with E-state index >= 15 is 0 Å². The molecule has 98 valence electrons. The number of nitrogens with one attached hydrogen (secondary N) is 2. The standard InChI is InChI=1S/C15H15ClN2S/c16-13-1-2-14-12(9-18-15(14)7-13)8-17-5-3-11-4-6-19-10-11/h1-2,4,6-7,9-10,17-18H,3,5,8H2. The van der Waals surface area contributed by atoms with E-state index in [4.69, 9.17) is 11.6 Å². The molecule has 0 saturated carbocycles. The maximum atomic E-state index is 5.98. The van der Waals surface area contributed by atoms with Crippen LogP contribution >= 0.6 is 22.9 Å². The molecule has 2 N–H and O–H groups in total. The van der Waals surface area contributed by atoms with E-state index in [0.29, 0.717) is 0 Å². The fourth-order valence-electron chi connectivity index (χ4n) is 2.20. The van der Waals surface area contributed by atoms with Crippen LogP contribution in [0, 0.1) is 0 Å². The van der Waals surface area contributed by atoms with Crippen molar-refractivity contribution >= 4 is 33.8 Å². The van der Waals surface area contributed by atoms with Crippen LogP contribution in [0.15, 0.2) is 41.2 Å². The van der Waals surface area contributed by atoms with Gasteiger partial charge in [-0.15, -0.1) is 0 Å². The maximum absolute atomic E-state index is 5.98. The Labute approximate surface area is 121 Å². The first-order valence-corrected chi connectivity index (χ1v) is 7.62. The number of thiophene rings is 1. The molecule has 4 heteroatoms. The summed E-state index contributed by atoms with van der Waals surface area (Å²) in [5.74, 6) is 0. The Hall–Kier alpha value is -1.29. The van der Waals surface area contributed by atoms with Gasteiger partial charge in [0.1, 0.15) is 0 Å². The normalized spacial score (nSPS) is 11.2. The molecule has 0 aliphatic carbocycles. The summed E-state index contributed by atoms with van der Waals surface area (Å²) in [6, 6.07) is 8.16. The number of halogens is 1. The van der Waals surface area contributed by atoms with E-state index in [1.165, 1.54) is 16.5 Å². The highest BCUT2D eigenvalue weighted by Gasteiger charge is 2.03. The summed E-state index contributed by atoms with van der Waals surface area (Å²) < 4.78 is 0. The molecule has 2 aromatic heterocycles. The average Bonchev–Trinajstić information content (AvgIpc) is 3.03. The lowest BCUT2D eigenvalue weighted by atomic mass is 10.1. The molecule has 2 nitrogen and oxygen atoms in total. The molecular formula is C15H15ClN2S. The quantitative estimate of drug-likeness (QED) is 0.677. The van der Waals surface area contributed by atoms with E-state index in [-0.39, 0.29) is 0 Å². The van der Waals surface area contributed by atoms with Gasteiger partial charge >= 0.3 is 0 Å². The van der Waals surface area contributed by atoms with Crippen LogP contribution in [0.5, 0.6) is 0 Å². The smallest absolute Gasteiger partial charge is 0.0472 e. The monoisotopic (exact) mass is 290 g/mol. The van der Waals surface area contributed by atoms with Crippen molar-refractivity contribution in [3.05, 3.63) is 57.4 Å². The fourth-order valence-corrected chi connectivity index (χ4v) is 3.07. The molecule has 0 amide bonds. The summed E-state index contributed by atoms with van der Waals surface area (Å²) in [5.41, 5.74) is 3.79. The second-order valence-electron chi connectivity index (χ2n) is 4.56. The lowest BCUT2D eigenvalue weighted by Gasteiger charge is -2.03. The number of fused-ring (bicyclic) bond motifs is 1. The third-order valence-corrected chi connectivity index (χ3v) is 4.18. The second kappa shape index (κ2) is 5.78. The van der Waals surface area contributed by atoms with Gasteiger partial charge in [0.05, 0.1) is 0 Å². The summed E-state index contributed by atoms with van der Waals surface area (Å²) in [5, 5.41) is 9.82. The third-order valence-electron chi connectivity index (χ3n) is 3.22. The molecule has 2 heterocycles. The Kier molecular flexibility index (Phi) is 3.87. The molecule has 3 aromatic rings. The van der Waals surface area contributed by atoms with Crippen LogP contribution in [0.4, 0.5) is 0 Å². The lowest BCUT2D eigenvalue weighted by molar-refractivity contribution is 0.690. The zero-order valence-corrected chi connectivity index (χ0v) is 12.0. The minimum Gasteiger partial charge on any atom is -0.361 e. The van der Waals surface area contributed by atoms with Crippen molar-refractivity contribution in [2.45, 2.75) is 13.0 Å². The number of aromatic nitrogens is 1. The first kappa shape index (κ1) is 12.7.